The Labute approximate surface area is 145 Å². The lowest BCUT2D eigenvalue weighted by molar-refractivity contribution is -0.137. The van der Waals surface area contributed by atoms with Crippen molar-refractivity contribution in [3.05, 3.63) is 23.8 Å². The van der Waals surface area contributed by atoms with Crippen LogP contribution in [0.15, 0.2) is 18.2 Å². The van der Waals surface area contributed by atoms with Crippen molar-refractivity contribution in [2.24, 2.45) is 0 Å². The van der Waals surface area contributed by atoms with Crippen LogP contribution in [0.4, 0.5) is 24.5 Å². The molecule has 1 atom stereocenters. The number of nitrogens with one attached hydrogen (secondary N) is 2. The Morgan fingerprint density at radius 3 is 2.60 bits per heavy atom. The highest BCUT2D eigenvalue weighted by molar-refractivity contribution is 5.95. The molecule has 1 unspecified atom stereocenters. The van der Waals surface area contributed by atoms with Crippen molar-refractivity contribution in [3.8, 4) is 0 Å². The van der Waals surface area contributed by atoms with Gasteiger partial charge in [-0.25, -0.2) is 0 Å². The Morgan fingerprint density at radius 1 is 1.20 bits per heavy atom. The van der Waals surface area contributed by atoms with Gasteiger partial charge in [-0.1, -0.05) is 0 Å². The number of piperidine rings is 1. The van der Waals surface area contributed by atoms with Gasteiger partial charge >= 0.3 is 6.18 Å². The van der Waals surface area contributed by atoms with E-state index in [1.165, 1.54) is 6.07 Å². The van der Waals surface area contributed by atoms with Gasteiger partial charge in [-0.15, -0.1) is 0 Å². The molecule has 2 heterocycles. The van der Waals surface area contributed by atoms with Crippen LogP contribution in [0.2, 0.25) is 0 Å². The summed E-state index contributed by atoms with van der Waals surface area (Å²) in [6, 6.07) is 3.75. The first kappa shape index (κ1) is 18.0. The molecule has 2 aliphatic heterocycles. The van der Waals surface area contributed by atoms with Crippen molar-refractivity contribution in [1.82, 2.24) is 5.32 Å². The second-order valence-corrected chi connectivity index (χ2v) is 6.82. The van der Waals surface area contributed by atoms with E-state index in [1.807, 2.05) is 0 Å². The predicted octanol–water partition coefficient (Wildman–Crippen LogP) is 3.78. The summed E-state index contributed by atoms with van der Waals surface area (Å²) in [5.74, 6) is -0.239. The zero-order valence-electron chi connectivity index (χ0n) is 14.2. The molecule has 138 valence electrons. The summed E-state index contributed by atoms with van der Waals surface area (Å²) in [5, 5.41) is 5.96. The Bertz CT molecular complexity index is 606. The van der Waals surface area contributed by atoms with Crippen LogP contribution in [-0.2, 0) is 11.0 Å². The fourth-order valence-electron chi connectivity index (χ4n) is 3.58. The van der Waals surface area contributed by atoms with Gasteiger partial charge in [0.05, 0.1) is 16.9 Å². The molecule has 7 heteroatoms. The van der Waals surface area contributed by atoms with E-state index in [1.54, 1.807) is 0 Å². The molecule has 25 heavy (non-hydrogen) atoms. The molecular formula is C18H24F3N3O. The molecule has 0 bridgehead atoms. The quantitative estimate of drug-likeness (QED) is 0.864. The minimum Gasteiger partial charge on any atom is -0.370 e. The average Bonchev–Trinajstić information content (AvgIpc) is 3.07. The first-order valence-electron chi connectivity index (χ1n) is 8.93. The molecule has 2 aliphatic rings. The minimum atomic E-state index is -4.42. The summed E-state index contributed by atoms with van der Waals surface area (Å²) in [4.78, 5) is 14.4. The lowest BCUT2D eigenvalue weighted by Crippen LogP contribution is -2.31. The van der Waals surface area contributed by atoms with Crippen molar-refractivity contribution in [2.75, 3.05) is 29.9 Å². The van der Waals surface area contributed by atoms with E-state index in [4.69, 9.17) is 0 Å². The molecule has 0 spiro atoms. The number of hydrogen-bond acceptors (Lipinski definition) is 3. The van der Waals surface area contributed by atoms with Crippen molar-refractivity contribution >= 4 is 17.3 Å². The van der Waals surface area contributed by atoms with E-state index in [9.17, 15) is 18.0 Å². The predicted molar refractivity (Wildman–Crippen MR) is 91.8 cm³/mol. The van der Waals surface area contributed by atoms with Gasteiger partial charge in [0, 0.05) is 25.6 Å². The largest absolute Gasteiger partial charge is 0.416 e. The van der Waals surface area contributed by atoms with Gasteiger partial charge in [0.15, 0.2) is 0 Å². The maximum Gasteiger partial charge on any atom is 0.416 e. The molecule has 0 radical (unpaired) electrons. The molecule has 0 aliphatic carbocycles. The Kier molecular flexibility index (Phi) is 5.51. The Morgan fingerprint density at radius 2 is 1.96 bits per heavy atom. The van der Waals surface area contributed by atoms with E-state index in [2.05, 4.69) is 15.5 Å². The lowest BCUT2D eigenvalue weighted by Gasteiger charge is -2.31. The summed E-state index contributed by atoms with van der Waals surface area (Å²) in [6.07, 6.45) is 0.977. The number of nitrogens with zero attached hydrogens (tertiary/aromatic N) is 1. The molecule has 1 aromatic rings. The van der Waals surface area contributed by atoms with Gasteiger partial charge in [-0.3, -0.25) is 4.79 Å². The zero-order valence-corrected chi connectivity index (χ0v) is 14.2. The molecule has 2 saturated heterocycles. The summed E-state index contributed by atoms with van der Waals surface area (Å²) >= 11 is 0. The number of benzene rings is 1. The van der Waals surface area contributed by atoms with Gasteiger partial charge in [-0.2, -0.15) is 13.2 Å². The van der Waals surface area contributed by atoms with Gasteiger partial charge < -0.3 is 15.5 Å². The number of rotatable bonds is 4. The third-order valence-electron chi connectivity index (χ3n) is 4.89. The van der Waals surface area contributed by atoms with Crippen molar-refractivity contribution < 1.29 is 18.0 Å². The highest BCUT2D eigenvalue weighted by Crippen LogP contribution is 2.36. The first-order chi connectivity index (χ1) is 11.9. The molecule has 0 saturated carbocycles. The highest BCUT2D eigenvalue weighted by atomic mass is 19.4. The van der Waals surface area contributed by atoms with Crippen molar-refractivity contribution in [1.29, 1.82) is 0 Å². The van der Waals surface area contributed by atoms with E-state index in [0.29, 0.717) is 5.69 Å². The van der Waals surface area contributed by atoms with Crippen LogP contribution in [0.3, 0.4) is 0 Å². The third-order valence-corrected chi connectivity index (χ3v) is 4.89. The van der Waals surface area contributed by atoms with Crippen LogP contribution in [0, 0.1) is 0 Å². The van der Waals surface area contributed by atoms with Crippen molar-refractivity contribution in [2.45, 2.75) is 50.7 Å². The van der Waals surface area contributed by atoms with Crippen molar-refractivity contribution in [3.63, 3.8) is 0 Å². The number of anilines is 2. The van der Waals surface area contributed by atoms with E-state index in [-0.39, 0.29) is 24.1 Å². The van der Waals surface area contributed by atoms with E-state index < -0.39 is 11.7 Å². The minimum absolute atomic E-state index is 0.115. The Balaban J connectivity index is 1.80. The number of hydrogen-bond donors (Lipinski definition) is 2. The molecule has 3 rings (SSSR count). The smallest absolute Gasteiger partial charge is 0.370 e. The number of carbonyl (C=O) groups is 1. The number of amides is 1. The number of carbonyl (C=O) groups excluding carboxylic acids is 1. The van der Waals surface area contributed by atoms with Crippen LogP contribution in [0.25, 0.3) is 0 Å². The molecular weight excluding hydrogens is 331 g/mol. The van der Waals surface area contributed by atoms with Gasteiger partial charge in [0.1, 0.15) is 0 Å². The molecule has 0 aromatic heterocycles. The summed E-state index contributed by atoms with van der Waals surface area (Å²) in [6.45, 7) is 2.50. The maximum absolute atomic E-state index is 13.1. The van der Waals surface area contributed by atoms with Gasteiger partial charge in [0.2, 0.25) is 5.91 Å². The van der Waals surface area contributed by atoms with Gasteiger partial charge in [-0.05, 0) is 56.8 Å². The van der Waals surface area contributed by atoms with Crippen LogP contribution in [0.5, 0.6) is 0 Å². The second-order valence-electron chi connectivity index (χ2n) is 6.82. The van der Waals surface area contributed by atoms with E-state index >= 15 is 0 Å². The molecule has 1 aromatic carbocycles. The van der Waals surface area contributed by atoms with Crippen LogP contribution in [-0.4, -0.2) is 31.6 Å². The molecule has 2 N–H and O–H groups in total. The first-order valence-corrected chi connectivity index (χ1v) is 8.93. The SMILES string of the molecule is O=C(CC1CCCN1)Nc1cc(C(F)(F)F)ccc1N1CCCCC1. The zero-order chi connectivity index (χ0) is 17.9. The Hall–Kier alpha value is -1.76. The molecule has 1 amide bonds. The molecule has 4 nitrogen and oxygen atoms in total. The topological polar surface area (TPSA) is 44.4 Å². The molecule has 2 fully saturated rings. The third kappa shape index (κ3) is 4.66. The van der Waals surface area contributed by atoms with Crippen LogP contribution >= 0.6 is 0 Å². The van der Waals surface area contributed by atoms with E-state index in [0.717, 1.165) is 63.9 Å². The maximum atomic E-state index is 13.1. The van der Waals surface area contributed by atoms with Gasteiger partial charge in [0.25, 0.3) is 0 Å². The fourth-order valence-corrected chi connectivity index (χ4v) is 3.58. The standard InChI is InChI=1S/C18H24F3N3O/c19-18(20,21)13-6-7-16(24-9-2-1-3-10-24)15(11-13)23-17(25)12-14-5-4-8-22-14/h6-7,11,14,22H,1-5,8-10,12H2,(H,23,25). The summed E-state index contributed by atoms with van der Waals surface area (Å²) in [5.41, 5.74) is 0.211. The average molecular weight is 355 g/mol. The van der Waals surface area contributed by atoms with Crippen LogP contribution < -0.4 is 15.5 Å². The lowest BCUT2D eigenvalue weighted by atomic mass is 10.1. The number of halogens is 3. The second kappa shape index (κ2) is 7.64. The monoisotopic (exact) mass is 355 g/mol. The number of alkyl halides is 3. The van der Waals surface area contributed by atoms with Crippen LogP contribution in [0.1, 0.15) is 44.1 Å². The fraction of sp³-hybridized carbons (Fsp3) is 0.611. The highest BCUT2D eigenvalue weighted by Gasteiger charge is 2.32. The summed E-state index contributed by atoms with van der Waals surface area (Å²) < 4.78 is 39.2. The summed E-state index contributed by atoms with van der Waals surface area (Å²) in [7, 11) is 0. The normalized spacial score (nSPS) is 21.4.